The summed E-state index contributed by atoms with van der Waals surface area (Å²) in [6.07, 6.45) is 12.0. The van der Waals surface area contributed by atoms with Crippen LogP contribution in [0.5, 0.6) is 0 Å². The van der Waals surface area contributed by atoms with Crippen molar-refractivity contribution in [3.63, 3.8) is 0 Å². The molecule has 0 aliphatic heterocycles. The molecule has 94 valence electrons. The molecule has 0 fully saturated rings. The van der Waals surface area contributed by atoms with Gasteiger partial charge in [0.2, 0.25) is 0 Å². The van der Waals surface area contributed by atoms with Crippen LogP contribution in [0.3, 0.4) is 0 Å². The number of ether oxygens (including phenoxy) is 1. The number of unbranched alkanes of at least 4 members (excludes halogenated alkanes) is 1. The highest BCUT2D eigenvalue weighted by Crippen LogP contribution is 2.17. The van der Waals surface area contributed by atoms with E-state index in [9.17, 15) is 0 Å². The highest BCUT2D eigenvalue weighted by atomic mass is 16.5. The van der Waals surface area contributed by atoms with Gasteiger partial charge in [-0.2, -0.15) is 0 Å². The summed E-state index contributed by atoms with van der Waals surface area (Å²) < 4.78 is 5.78. The van der Waals surface area contributed by atoms with E-state index in [-0.39, 0.29) is 0 Å². The second-order valence-electron chi connectivity index (χ2n) is 4.37. The van der Waals surface area contributed by atoms with Gasteiger partial charge in [0, 0.05) is 0 Å². The third-order valence-corrected chi connectivity index (χ3v) is 2.78. The highest BCUT2D eigenvalue weighted by Gasteiger charge is 2.01. The van der Waals surface area contributed by atoms with Gasteiger partial charge in [0.05, 0.1) is 6.61 Å². The van der Waals surface area contributed by atoms with Gasteiger partial charge >= 0.3 is 0 Å². The number of rotatable bonds is 7. The predicted octanol–water partition coefficient (Wildman–Crippen LogP) is 4.92. The van der Waals surface area contributed by atoms with Crippen LogP contribution in [0.25, 0.3) is 0 Å². The van der Waals surface area contributed by atoms with Crippen LogP contribution < -0.4 is 0 Å². The lowest BCUT2D eigenvalue weighted by Gasteiger charge is -2.04. The maximum atomic E-state index is 5.78. The van der Waals surface area contributed by atoms with Gasteiger partial charge in [-0.1, -0.05) is 51.5 Å². The van der Waals surface area contributed by atoms with E-state index in [0.717, 1.165) is 38.0 Å². The van der Waals surface area contributed by atoms with Crippen molar-refractivity contribution in [3.8, 4) is 0 Å². The van der Waals surface area contributed by atoms with E-state index >= 15 is 0 Å². The largest absolute Gasteiger partial charge is 0.486 e. The molecule has 0 radical (unpaired) electrons. The normalized spacial score (nSPS) is 14.9. The minimum absolute atomic E-state index is 0.797. The Morgan fingerprint density at radius 2 is 1.94 bits per heavy atom. The van der Waals surface area contributed by atoms with Gasteiger partial charge in [-0.25, -0.2) is 0 Å². The Labute approximate surface area is 106 Å². The predicted molar refractivity (Wildman–Crippen MR) is 73.8 cm³/mol. The minimum atomic E-state index is 0.797. The molecule has 1 aliphatic carbocycles. The Morgan fingerprint density at radius 1 is 1.12 bits per heavy atom. The van der Waals surface area contributed by atoms with Crippen molar-refractivity contribution < 1.29 is 4.74 Å². The molecule has 0 aromatic carbocycles. The summed E-state index contributed by atoms with van der Waals surface area (Å²) in [6, 6.07) is 0. The van der Waals surface area contributed by atoms with Gasteiger partial charge in [0.25, 0.3) is 0 Å². The first-order valence-corrected chi connectivity index (χ1v) is 6.81. The summed E-state index contributed by atoms with van der Waals surface area (Å²) in [5.41, 5.74) is 5.95. The molecule has 0 bridgehead atoms. The van der Waals surface area contributed by atoms with Crippen molar-refractivity contribution in [2.45, 2.75) is 52.9 Å². The van der Waals surface area contributed by atoms with Crippen LogP contribution >= 0.6 is 0 Å². The highest BCUT2D eigenvalue weighted by molar-refractivity contribution is 5.36. The number of hydrogen-bond acceptors (Lipinski definition) is 1. The zero-order valence-electron chi connectivity index (χ0n) is 11.4. The van der Waals surface area contributed by atoms with E-state index in [0.29, 0.717) is 0 Å². The third kappa shape index (κ3) is 5.10. The summed E-state index contributed by atoms with van der Waals surface area (Å²) >= 11 is 0. The van der Waals surface area contributed by atoms with E-state index in [2.05, 4.69) is 44.7 Å². The second-order valence-corrected chi connectivity index (χ2v) is 4.37. The standard InChI is InChI=1S/C16H24O/c1-4-7-11-17-16-12-14(6-3)9-10-15(13-16)8-5-2/h9-10,12H,4-8,11H2,1-3H3. The first kappa shape index (κ1) is 13.9. The zero-order chi connectivity index (χ0) is 12.5. The molecule has 0 spiro atoms. The average molecular weight is 232 g/mol. The topological polar surface area (TPSA) is 9.23 Å². The maximum absolute atomic E-state index is 5.78. The van der Waals surface area contributed by atoms with E-state index in [1.165, 1.54) is 17.6 Å². The molecule has 1 aliphatic rings. The molecule has 0 saturated heterocycles. The molecule has 0 unspecified atom stereocenters. The first-order chi connectivity index (χ1) is 8.30. The van der Waals surface area contributed by atoms with Crippen LogP contribution in [0.1, 0.15) is 52.9 Å². The Morgan fingerprint density at radius 3 is 2.59 bits per heavy atom. The van der Waals surface area contributed by atoms with Crippen molar-refractivity contribution in [2.24, 2.45) is 0 Å². The molecule has 0 N–H and O–H groups in total. The molecule has 0 amide bonds. The summed E-state index contributed by atoms with van der Waals surface area (Å²) in [5, 5.41) is 0. The summed E-state index contributed by atoms with van der Waals surface area (Å²) in [7, 11) is 0. The molecule has 1 nitrogen and oxygen atoms in total. The minimum Gasteiger partial charge on any atom is -0.486 e. The zero-order valence-corrected chi connectivity index (χ0v) is 11.4. The van der Waals surface area contributed by atoms with Crippen molar-refractivity contribution in [1.82, 2.24) is 0 Å². The van der Waals surface area contributed by atoms with Gasteiger partial charge in [-0.15, -0.1) is 0 Å². The van der Waals surface area contributed by atoms with Crippen molar-refractivity contribution in [2.75, 3.05) is 6.61 Å². The number of allylic oxidation sites excluding steroid dienone is 4. The van der Waals surface area contributed by atoms with Crippen molar-refractivity contribution in [3.05, 3.63) is 40.9 Å². The fourth-order valence-corrected chi connectivity index (χ4v) is 1.70. The Balaban J connectivity index is 2.79. The first-order valence-electron chi connectivity index (χ1n) is 6.81. The summed E-state index contributed by atoms with van der Waals surface area (Å²) in [6.45, 7) is 7.34. The van der Waals surface area contributed by atoms with E-state index in [4.69, 9.17) is 4.74 Å². The van der Waals surface area contributed by atoms with E-state index in [1.54, 1.807) is 0 Å². The Kier molecular flexibility index (Phi) is 6.50. The van der Waals surface area contributed by atoms with Gasteiger partial charge in [0.1, 0.15) is 0 Å². The van der Waals surface area contributed by atoms with E-state index < -0.39 is 0 Å². The molecule has 0 aromatic heterocycles. The fraction of sp³-hybridized carbons (Fsp3) is 0.562. The van der Waals surface area contributed by atoms with Crippen molar-refractivity contribution in [1.29, 1.82) is 0 Å². The monoisotopic (exact) mass is 232 g/mol. The van der Waals surface area contributed by atoms with Crippen LogP contribution in [0.4, 0.5) is 0 Å². The lowest BCUT2D eigenvalue weighted by Crippen LogP contribution is -1.92. The quantitative estimate of drug-likeness (QED) is 0.447. The molecule has 0 heterocycles. The smallest absolute Gasteiger partial charge is 0.162 e. The Hall–Kier alpha value is -1.20. The van der Waals surface area contributed by atoms with Crippen molar-refractivity contribution >= 4 is 0 Å². The summed E-state index contributed by atoms with van der Waals surface area (Å²) in [4.78, 5) is 0. The van der Waals surface area contributed by atoms with Gasteiger partial charge < -0.3 is 4.74 Å². The van der Waals surface area contributed by atoms with Gasteiger partial charge in [-0.3, -0.25) is 0 Å². The molecule has 1 heteroatoms. The van der Waals surface area contributed by atoms with Crippen LogP contribution in [-0.2, 0) is 4.74 Å². The SMILES string of the molecule is CCCCOC1=C=C(CCC)C=CC(CC)=C1. The maximum Gasteiger partial charge on any atom is 0.162 e. The second kappa shape index (κ2) is 7.97. The van der Waals surface area contributed by atoms with E-state index in [1.807, 2.05) is 0 Å². The molecule has 0 aromatic rings. The lowest BCUT2D eigenvalue weighted by atomic mass is 10.1. The van der Waals surface area contributed by atoms with Crippen LogP contribution in [0.15, 0.2) is 40.9 Å². The fourth-order valence-electron chi connectivity index (χ4n) is 1.70. The Bertz CT molecular complexity index is 352. The molecular formula is C16H24O. The summed E-state index contributed by atoms with van der Waals surface area (Å²) in [5.74, 6) is 0.906. The van der Waals surface area contributed by atoms with Crippen LogP contribution in [0.2, 0.25) is 0 Å². The molecular weight excluding hydrogens is 208 g/mol. The molecule has 0 saturated carbocycles. The number of hydrogen-bond donors (Lipinski definition) is 0. The average Bonchev–Trinajstić information content (AvgIpc) is 2.52. The molecule has 1 rings (SSSR count). The van der Waals surface area contributed by atoms with Gasteiger partial charge in [-0.05, 0) is 36.5 Å². The van der Waals surface area contributed by atoms with Crippen LogP contribution in [-0.4, -0.2) is 6.61 Å². The van der Waals surface area contributed by atoms with Gasteiger partial charge in [0.15, 0.2) is 5.76 Å². The van der Waals surface area contributed by atoms with Crippen LogP contribution in [0, 0.1) is 0 Å². The molecule has 17 heavy (non-hydrogen) atoms. The molecule has 0 atom stereocenters. The third-order valence-electron chi connectivity index (χ3n) is 2.78. The lowest BCUT2D eigenvalue weighted by molar-refractivity contribution is 0.220.